The third-order valence-corrected chi connectivity index (χ3v) is 1.20. The van der Waals surface area contributed by atoms with Crippen molar-refractivity contribution in [3.05, 3.63) is 0 Å². The summed E-state index contributed by atoms with van der Waals surface area (Å²) in [6, 6.07) is 0. The summed E-state index contributed by atoms with van der Waals surface area (Å²) in [4.78, 5) is 0. The van der Waals surface area contributed by atoms with E-state index in [4.69, 9.17) is 0 Å². The van der Waals surface area contributed by atoms with Crippen molar-refractivity contribution in [2.75, 3.05) is 6.16 Å². The van der Waals surface area contributed by atoms with Gasteiger partial charge in [-0.05, 0) is 0 Å². The molecular weight excluding hydrogens is 112 g/mol. The molecule has 0 nitrogen and oxygen atoms in total. The van der Waals surface area contributed by atoms with Crippen molar-refractivity contribution < 1.29 is 12.6 Å². The first kappa shape index (κ1) is 6.22. The summed E-state index contributed by atoms with van der Waals surface area (Å²) in [7, 11) is -5.13. The Hall–Kier alpha value is 0.220. The first-order valence-electron chi connectivity index (χ1n) is 1.63. The molecule has 0 N–H and O–H groups in total. The molecule has 0 heterocycles. The van der Waals surface area contributed by atoms with Gasteiger partial charge in [0.05, 0.1) is 0 Å². The molecule has 0 saturated heterocycles. The van der Waals surface area contributed by atoms with Gasteiger partial charge in [-0.15, -0.1) is 0 Å². The third kappa shape index (κ3) is 4.22. The van der Waals surface area contributed by atoms with Crippen LogP contribution in [0, 0.1) is 0 Å². The van der Waals surface area contributed by atoms with Gasteiger partial charge in [-0.2, -0.15) is 0 Å². The zero-order chi connectivity index (χ0) is 5.21. The standard InChI is InChI=1S/C2H6F3P/c1-2-6(3,4)5/h6H,2H2,1H3. The van der Waals surface area contributed by atoms with Crippen molar-refractivity contribution in [3.8, 4) is 0 Å². The van der Waals surface area contributed by atoms with Crippen LogP contribution in [0.1, 0.15) is 6.92 Å². The Morgan fingerprint density at radius 2 is 1.50 bits per heavy atom. The Kier molecular flexibility index (Phi) is 1.85. The van der Waals surface area contributed by atoms with Crippen molar-refractivity contribution in [1.82, 2.24) is 0 Å². The predicted octanol–water partition coefficient (Wildman–Crippen LogP) is 2.41. The minimum atomic E-state index is -5.13. The average Bonchev–Trinajstić information content (AvgIpc) is 1.35. The van der Waals surface area contributed by atoms with Gasteiger partial charge in [-0.25, -0.2) is 0 Å². The Morgan fingerprint density at radius 1 is 1.33 bits per heavy atom. The van der Waals surface area contributed by atoms with Crippen LogP contribution >= 0.6 is 8.19 Å². The molecule has 0 aliphatic carbocycles. The van der Waals surface area contributed by atoms with Crippen LogP contribution in [0.2, 0.25) is 0 Å². The molecule has 0 saturated carbocycles. The number of rotatable bonds is 1. The second-order valence-electron chi connectivity index (χ2n) is 0.969. The summed E-state index contributed by atoms with van der Waals surface area (Å²) >= 11 is 0. The van der Waals surface area contributed by atoms with Crippen LogP contribution in [-0.4, -0.2) is 6.16 Å². The molecule has 0 aliphatic heterocycles. The Labute approximate surface area is 35.1 Å². The van der Waals surface area contributed by atoms with Crippen molar-refractivity contribution in [3.63, 3.8) is 0 Å². The molecule has 0 spiro atoms. The van der Waals surface area contributed by atoms with Crippen molar-refractivity contribution >= 4 is 8.19 Å². The van der Waals surface area contributed by atoms with E-state index in [1.807, 2.05) is 0 Å². The second-order valence-corrected chi connectivity index (χ2v) is 2.91. The Morgan fingerprint density at radius 3 is 1.50 bits per heavy atom. The first-order chi connectivity index (χ1) is 2.56. The molecule has 0 atom stereocenters. The summed E-state index contributed by atoms with van der Waals surface area (Å²) in [6.07, 6.45) is -0.590. The van der Waals surface area contributed by atoms with Gasteiger partial charge in [-0.1, -0.05) is 0 Å². The molecule has 6 heavy (non-hydrogen) atoms. The molecular formula is C2H6F3P. The second kappa shape index (κ2) is 1.78. The van der Waals surface area contributed by atoms with E-state index in [1.54, 1.807) is 0 Å². The van der Waals surface area contributed by atoms with Crippen LogP contribution in [0.4, 0.5) is 12.6 Å². The van der Waals surface area contributed by atoms with Gasteiger partial charge in [0, 0.05) is 0 Å². The van der Waals surface area contributed by atoms with Crippen LogP contribution in [0.5, 0.6) is 0 Å². The molecule has 0 amide bonds. The van der Waals surface area contributed by atoms with Crippen molar-refractivity contribution in [2.45, 2.75) is 6.92 Å². The summed E-state index contributed by atoms with van der Waals surface area (Å²) in [5.74, 6) is 0. The zero-order valence-corrected chi connectivity index (χ0v) is 4.34. The molecule has 0 radical (unpaired) electrons. The molecule has 0 bridgehead atoms. The molecule has 0 aromatic rings. The summed E-state index contributed by atoms with van der Waals surface area (Å²) in [5, 5.41) is 0. The monoisotopic (exact) mass is 118 g/mol. The van der Waals surface area contributed by atoms with Crippen LogP contribution < -0.4 is 0 Å². The molecule has 4 heteroatoms. The van der Waals surface area contributed by atoms with Crippen LogP contribution in [0.25, 0.3) is 0 Å². The van der Waals surface area contributed by atoms with Gasteiger partial charge in [0.15, 0.2) is 0 Å². The van der Waals surface area contributed by atoms with Crippen molar-refractivity contribution in [1.29, 1.82) is 0 Å². The quantitative estimate of drug-likeness (QED) is 0.464. The summed E-state index contributed by atoms with van der Waals surface area (Å²) in [6.45, 7) is 1.15. The number of hydrogen-bond donors (Lipinski definition) is 0. The van der Waals surface area contributed by atoms with E-state index in [0.717, 1.165) is 6.92 Å². The predicted molar refractivity (Wildman–Crippen MR) is 22.2 cm³/mol. The number of hydrogen-bond acceptors (Lipinski definition) is 0. The normalized spacial score (nSPS) is 14.7. The molecule has 0 rings (SSSR count). The fourth-order valence-electron chi connectivity index (χ4n) is 0. The molecule has 40 valence electrons. The van der Waals surface area contributed by atoms with Crippen LogP contribution in [0.15, 0.2) is 0 Å². The number of halogens is 3. The maximum absolute atomic E-state index is 10.9. The van der Waals surface area contributed by atoms with Gasteiger partial charge in [-0.3, -0.25) is 0 Å². The third-order valence-electron chi connectivity index (χ3n) is 0.401. The van der Waals surface area contributed by atoms with E-state index >= 15 is 0 Å². The van der Waals surface area contributed by atoms with Gasteiger partial charge < -0.3 is 0 Å². The summed E-state index contributed by atoms with van der Waals surface area (Å²) in [5.41, 5.74) is 0. The van der Waals surface area contributed by atoms with E-state index in [2.05, 4.69) is 0 Å². The van der Waals surface area contributed by atoms with E-state index in [1.165, 1.54) is 0 Å². The average molecular weight is 118 g/mol. The first-order valence-corrected chi connectivity index (χ1v) is 3.47. The Bertz CT molecular complexity index is 38.5. The topological polar surface area (TPSA) is 0 Å². The fraction of sp³-hybridized carbons (Fsp3) is 1.00. The summed E-state index contributed by atoms with van der Waals surface area (Å²) < 4.78 is 32.8. The van der Waals surface area contributed by atoms with Crippen molar-refractivity contribution in [2.24, 2.45) is 0 Å². The SMILES string of the molecule is CC[PH](F)(F)F. The Balaban J connectivity index is 3.17. The van der Waals surface area contributed by atoms with E-state index < -0.39 is 14.4 Å². The van der Waals surface area contributed by atoms with E-state index in [0.29, 0.717) is 0 Å². The molecule has 0 fully saturated rings. The molecule has 0 aromatic heterocycles. The van der Waals surface area contributed by atoms with Gasteiger partial charge >= 0.3 is 33.9 Å². The fourth-order valence-corrected chi connectivity index (χ4v) is 0. The van der Waals surface area contributed by atoms with Gasteiger partial charge in [0.1, 0.15) is 0 Å². The van der Waals surface area contributed by atoms with Crippen LogP contribution in [0.3, 0.4) is 0 Å². The van der Waals surface area contributed by atoms with E-state index in [-0.39, 0.29) is 0 Å². The zero-order valence-electron chi connectivity index (χ0n) is 3.34. The van der Waals surface area contributed by atoms with Crippen LogP contribution in [-0.2, 0) is 0 Å². The molecule has 0 aliphatic rings. The minimum absolute atomic E-state index is 0.590. The maximum atomic E-state index is 10.9. The van der Waals surface area contributed by atoms with E-state index in [9.17, 15) is 12.6 Å². The molecule has 0 aromatic carbocycles. The van der Waals surface area contributed by atoms with Gasteiger partial charge in [0.2, 0.25) is 0 Å². The molecule has 0 unspecified atom stereocenters. The van der Waals surface area contributed by atoms with Gasteiger partial charge in [0.25, 0.3) is 0 Å².